The lowest BCUT2D eigenvalue weighted by Crippen LogP contribution is -3.00. The van der Waals surface area contributed by atoms with Crippen molar-refractivity contribution in [3.63, 3.8) is 0 Å². The SMILES string of the molecule is Fc1c(F)c(F)c(N(C2CCCCC2)C2(F)C(F)(F)C(F)(F)C3(F)C(F)(F)C(F)(F)C(F)(F)C(F)(F)C3(F)C2(F)F)c(F)c1F. The van der Waals surface area contributed by atoms with Crippen LogP contribution in [0.3, 0.4) is 0 Å². The minimum atomic E-state index is -8.93. The summed E-state index contributed by atoms with van der Waals surface area (Å²) >= 11 is 0. The molecular weight excluding hydrogens is 696 g/mol. The molecule has 0 spiro atoms. The minimum Gasteiger partial charge on any atom is -0.321 e. The van der Waals surface area contributed by atoms with Crippen molar-refractivity contribution in [1.82, 2.24) is 0 Å². The van der Waals surface area contributed by atoms with E-state index in [2.05, 4.69) is 0 Å². The van der Waals surface area contributed by atoms with Crippen LogP contribution in [0.25, 0.3) is 0 Å². The highest BCUT2D eigenvalue weighted by Crippen LogP contribution is 2.81. The first-order valence-corrected chi connectivity index (χ1v) is 11.9. The standard InChI is InChI=1S/C22H11F22N/c23-7-8(24)10(26)12(11(27)9(7)25)45(6-4-2-1-3-5-6)22(44)18(36,37)14(29)13(28,17(34,35)21(22,42)43)15(30,31)19(38,39)20(40,41)16(14,32)33/h6H,1-5H2. The molecule has 1 nitrogen and oxygen atoms in total. The molecule has 0 amide bonds. The maximum absolute atomic E-state index is 16.6. The Morgan fingerprint density at radius 1 is 0.378 bits per heavy atom. The predicted molar refractivity (Wildman–Crippen MR) is 102 cm³/mol. The summed E-state index contributed by atoms with van der Waals surface area (Å²) in [5.41, 5.74) is -21.3. The number of fused-ring (bicyclic) bond motifs is 1. The summed E-state index contributed by atoms with van der Waals surface area (Å²) in [6, 6.07) is -3.11. The van der Waals surface area contributed by atoms with Crippen LogP contribution in [-0.2, 0) is 0 Å². The number of anilines is 1. The second-order valence-electron chi connectivity index (χ2n) is 10.5. The van der Waals surface area contributed by atoms with Crippen molar-refractivity contribution in [1.29, 1.82) is 0 Å². The number of nitrogens with zero attached hydrogens (tertiary/aromatic N) is 1. The van der Waals surface area contributed by atoms with E-state index in [1.54, 1.807) is 0 Å². The molecule has 0 N–H and O–H groups in total. The molecule has 258 valence electrons. The average molecular weight is 707 g/mol. The van der Waals surface area contributed by atoms with Crippen molar-refractivity contribution in [2.24, 2.45) is 0 Å². The van der Waals surface area contributed by atoms with E-state index >= 15 is 39.5 Å². The first-order chi connectivity index (χ1) is 19.9. The highest BCUT2D eigenvalue weighted by molar-refractivity contribution is 5.58. The van der Waals surface area contributed by atoms with Gasteiger partial charge in [0.25, 0.3) is 11.3 Å². The summed E-state index contributed by atoms with van der Waals surface area (Å²) in [5.74, 6) is -85.8. The van der Waals surface area contributed by atoms with Crippen LogP contribution in [0.4, 0.5) is 102 Å². The Labute approximate surface area is 234 Å². The molecule has 0 bridgehead atoms. The zero-order valence-corrected chi connectivity index (χ0v) is 20.9. The van der Waals surface area contributed by atoms with E-state index < -0.39 is 130 Å². The Morgan fingerprint density at radius 3 is 1.07 bits per heavy atom. The normalized spacial score (nSPS) is 35.9. The third kappa shape index (κ3) is 3.18. The molecular formula is C22H11F22N. The molecule has 3 atom stereocenters. The van der Waals surface area contributed by atoms with Gasteiger partial charge in [-0.2, -0.15) is 61.5 Å². The van der Waals surface area contributed by atoms with Gasteiger partial charge in [-0.05, 0) is 12.8 Å². The Bertz CT molecular complexity index is 1370. The second-order valence-corrected chi connectivity index (χ2v) is 10.5. The molecule has 0 radical (unpaired) electrons. The van der Waals surface area contributed by atoms with Gasteiger partial charge in [0.1, 0.15) is 5.69 Å². The van der Waals surface area contributed by atoms with Crippen LogP contribution in [0.5, 0.6) is 0 Å². The van der Waals surface area contributed by atoms with Gasteiger partial charge < -0.3 is 4.90 Å². The van der Waals surface area contributed by atoms with Gasteiger partial charge >= 0.3 is 47.3 Å². The second kappa shape index (κ2) is 9.09. The molecule has 3 saturated carbocycles. The van der Waals surface area contributed by atoms with Gasteiger partial charge in [0, 0.05) is 6.04 Å². The minimum absolute atomic E-state index is 0.198. The summed E-state index contributed by atoms with van der Waals surface area (Å²) in [6.45, 7) is 0. The van der Waals surface area contributed by atoms with Gasteiger partial charge in [-0.1, -0.05) is 19.3 Å². The van der Waals surface area contributed by atoms with Gasteiger partial charge in [-0.25, -0.2) is 35.1 Å². The number of alkyl halides is 17. The molecule has 1 aromatic rings. The lowest BCUT2D eigenvalue weighted by Gasteiger charge is -2.66. The number of hydrogen-bond acceptors (Lipinski definition) is 1. The molecule has 4 rings (SSSR count). The third-order valence-corrected chi connectivity index (χ3v) is 8.31. The molecule has 0 heterocycles. The molecule has 3 fully saturated rings. The fourth-order valence-electron chi connectivity index (χ4n) is 5.97. The van der Waals surface area contributed by atoms with Crippen LogP contribution >= 0.6 is 0 Å². The van der Waals surface area contributed by atoms with E-state index in [0.717, 1.165) is 0 Å². The van der Waals surface area contributed by atoms with Crippen LogP contribution in [0.1, 0.15) is 32.1 Å². The van der Waals surface area contributed by atoms with Crippen LogP contribution in [0, 0.1) is 29.1 Å². The van der Waals surface area contributed by atoms with Crippen molar-refractivity contribution >= 4 is 5.69 Å². The van der Waals surface area contributed by atoms with E-state index in [1.807, 2.05) is 0 Å². The van der Waals surface area contributed by atoms with E-state index in [4.69, 9.17) is 0 Å². The van der Waals surface area contributed by atoms with Crippen LogP contribution in [0.2, 0.25) is 0 Å². The first kappa shape index (κ1) is 35.3. The maximum Gasteiger partial charge on any atom is 0.382 e. The summed E-state index contributed by atoms with van der Waals surface area (Å²) in [7, 11) is 0. The highest BCUT2D eigenvalue weighted by atomic mass is 19.4. The molecule has 0 aliphatic heterocycles. The monoisotopic (exact) mass is 707 g/mol. The molecule has 0 aromatic heterocycles. The molecule has 3 aliphatic rings. The van der Waals surface area contributed by atoms with Crippen molar-refractivity contribution in [2.45, 2.75) is 96.7 Å². The maximum atomic E-state index is 16.6. The summed E-state index contributed by atoms with van der Waals surface area (Å²) in [6.07, 6.45) is -4.21. The molecule has 3 unspecified atom stereocenters. The summed E-state index contributed by atoms with van der Waals surface area (Å²) in [4.78, 5) is -2.32. The van der Waals surface area contributed by atoms with Crippen molar-refractivity contribution in [3.05, 3.63) is 29.1 Å². The van der Waals surface area contributed by atoms with Gasteiger partial charge in [0.05, 0.1) is 0 Å². The quantitative estimate of drug-likeness (QED) is 0.131. The first-order valence-electron chi connectivity index (χ1n) is 11.9. The lowest BCUT2D eigenvalue weighted by molar-refractivity contribution is -0.550. The molecule has 1 aromatic carbocycles. The Kier molecular flexibility index (Phi) is 7.14. The number of benzene rings is 1. The largest absolute Gasteiger partial charge is 0.382 e. The Balaban J connectivity index is 2.28. The Morgan fingerprint density at radius 2 is 0.689 bits per heavy atom. The van der Waals surface area contributed by atoms with Crippen LogP contribution in [0.15, 0.2) is 0 Å². The number of halogens is 22. The van der Waals surface area contributed by atoms with E-state index in [1.165, 1.54) is 0 Å². The van der Waals surface area contributed by atoms with E-state index in [0.29, 0.717) is 0 Å². The smallest absolute Gasteiger partial charge is 0.321 e. The zero-order chi connectivity index (χ0) is 35.2. The van der Waals surface area contributed by atoms with E-state index in [-0.39, 0.29) is 6.42 Å². The lowest BCUT2D eigenvalue weighted by atomic mass is 9.53. The van der Waals surface area contributed by atoms with Crippen LogP contribution < -0.4 is 4.90 Å². The molecule has 23 heteroatoms. The Hall–Kier alpha value is -2.52. The van der Waals surface area contributed by atoms with Crippen molar-refractivity contribution in [3.8, 4) is 0 Å². The number of hydrogen-bond donors (Lipinski definition) is 0. The zero-order valence-electron chi connectivity index (χ0n) is 20.9. The van der Waals surface area contributed by atoms with Gasteiger partial charge in [0.2, 0.25) is 5.82 Å². The molecule has 0 saturated heterocycles. The van der Waals surface area contributed by atoms with Crippen molar-refractivity contribution < 1.29 is 96.6 Å². The fraction of sp³-hybridized carbons (Fsp3) is 0.727. The van der Waals surface area contributed by atoms with Gasteiger partial charge in [-0.15, -0.1) is 0 Å². The van der Waals surface area contributed by atoms with E-state index in [9.17, 15) is 57.1 Å². The topological polar surface area (TPSA) is 3.24 Å². The number of rotatable bonds is 3. The van der Waals surface area contributed by atoms with Gasteiger partial charge in [-0.3, -0.25) is 0 Å². The third-order valence-electron chi connectivity index (χ3n) is 8.31. The highest BCUT2D eigenvalue weighted by Gasteiger charge is 3.15. The van der Waals surface area contributed by atoms with Gasteiger partial charge in [0.15, 0.2) is 23.3 Å². The predicted octanol–water partition coefficient (Wildman–Crippen LogP) is 9.08. The molecule has 3 aliphatic carbocycles. The summed E-state index contributed by atoms with van der Waals surface area (Å²) < 4.78 is 326. The fourth-order valence-corrected chi connectivity index (χ4v) is 5.97. The van der Waals surface area contributed by atoms with Crippen LogP contribution in [-0.4, -0.2) is 64.6 Å². The summed E-state index contributed by atoms with van der Waals surface area (Å²) in [5, 5.41) is 0. The van der Waals surface area contributed by atoms with Crippen molar-refractivity contribution in [2.75, 3.05) is 4.90 Å². The molecule has 45 heavy (non-hydrogen) atoms. The average Bonchev–Trinajstić information content (AvgIpc) is 2.94.